The Kier molecular flexibility index (Phi) is 6.86. The molecule has 0 spiro atoms. The summed E-state index contributed by atoms with van der Waals surface area (Å²) in [4.78, 5) is 8.57. The van der Waals surface area contributed by atoms with Gasteiger partial charge < -0.3 is 10.6 Å². The van der Waals surface area contributed by atoms with Crippen LogP contribution in [0.4, 0.5) is 11.6 Å². The number of thioether (sulfide) groups is 1. The lowest BCUT2D eigenvalue weighted by Gasteiger charge is -2.13. The highest BCUT2D eigenvalue weighted by Gasteiger charge is 2.06. The van der Waals surface area contributed by atoms with Gasteiger partial charge in [0.1, 0.15) is 18.0 Å². The lowest BCUT2D eigenvalue weighted by molar-refractivity contribution is 0.847. The summed E-state index contributed by atoms with van der Waals surface area (Å²) >= 11 is 1.89. The van der Waals surface area contributed by atoms with Crippen molar-refractivity contribution in [1.29, 1.82) is 0 Å². The molecule has 1 rings (SSSR count). The molecule has 1 unspecified atom stereocenters. The molecule has 1 atom stereocenters. The van der Waals surface area contributed by atoms with E-state index < -0.39 is 0 Å². The molecule has 1 aromatic rings. The van der Waals surface area contributed by atoms with E-state index in [1.807, 2.05) is 11.8 Å². The van der Waals surface area contributed by atoms with Crippen molar-refractivity contribution < 1.29 is 0 Å². The molecule has 1 aromatic heterocycles. The Morgan fingerprint density at radius 2 is 1.83 bits per heavy atom. The second-order valence-electron chi connectivity index (χ2n) is 4.38. The fraction of sp³-hybridized carbons (Fsp3) is 0.692. The first-order valence-electron chi connectivity index (χ1n) is 6.51. The van der Waals surface area contributed by atoms with E-state index in [2.05, 4.69) is 47.6 Å². The maximum absolute atomic E-state index is 4.30. The zero-order valence-electron chi connectivity index (χ0n) is 11.8. The van der Waals surface area contributed by atoms with Crippen molar-refractivity contribution in [3.05, 3.63) is 11.9 Å². The van der Waals surface area contributed by atoms with E-state index in [4.69, 9.17) is 0 Å². The first-order chi connectivity index (χ1) is 8.69. The summed E-state index contributed by atoms with van der Waals surface area (Å²) in [6, 6.07) is 0. The molecule has 0 aliphatic heterocycles. The Balaban J connectivity index is 2.54. The van der Waals surface area contributed by atoms with Crippen LogP contribution in [0.15, 0.2) is 6.33 Å². The lowest BCUT2D eigenvalue weighted by Crippen LogP contribution is -2.12. The van der Waals surface area contributed by atoms with Gasteiger partial charge in [0, 0.05) is 23.9 Å². The van der Waals surface area contributed by atoms with Crippen molar-refractivity contribution in [3.63, 3.8) is 0 Å². The van der Waals surface area contributed by atoms with Crippen LogP contribution in [0, 0.1) is 6.92 Å². The van der Waals surface area contributed by atoms with E-state index in [0.717, 1.165) is 43.1 Å². The summed E-state index contributed by atoms with van der Waals surface area (Å²) < 4.78 is 0. The zero-order valence-corrected chi connectivity index (χ0v) is 12.6. The summed E-state index contributed by atoms with van der Waals surface area (Å²) in [5.74, 6) is 1.88. The summed E-state index contributed by atoms with van der Waals surface area (Å²) in [5.41, 5.74) is 1.10. The smallest absolute Gasteiger partial charge is 0.134 e. The molecule has 0 saturated heterocycles. The second-order valence-corrected chi connectivity index (χ2v) is 5.66. The number of nitrogens with zero attached hydrogens (tertiary/aromatic N) is 2. The average molecular weight is 268 g/mol. The maximum atomic E-state index is 4.30. The van der Waals surface area contributed by atoms with E-state index >= 15 is 0 Å². The Morgan fingerprint density at radius 3 is 2.39 bits per heavy atom. The number of aromatic nitrogens is 2. The average Bonchev–Trinajstić information content (AvgIpc) is 2.39. The van der Waals surface area contributed by atoms with Crippen LogP contribution in [0.3, 0.4) is 0 Å². The highest BCUT2D eigenvalue weighted by atomic mass is 32.2. The van der Waals surface area contributed by atoms with Crippen LogP contribution in [-0.2, 0) is 0 Å². The van der Waals surface area contributed by atoms with Crippen molar-refractivity contribution in [2.75, 3.05) is 30.0 Å². The third-order valence-corrected chi connectivity index (χ3v) is 3.91. The Bertz CT molecular complexity index is 357. The van der Waals surface area contributed by atoms with E-state index in [0.29, 0.717) is 5.25 Å². The minimum atomic E-state index is 0.678. The Hall–Kier alpha value is -0.970. The molecule has 18 heavy (non-hydrogen) atoms. The van der Waals surface area contributed by atoms with Crippen LogP contribution in [0.5, 0.6) is 0 Å². The van der Waals surface area contributed by atoms with Crippen molar-refractivity contribution in [1.82, 2.24) is 9.97 Å². The van der Waals surface area contributed by atoms with Crippen LogP contribution >= 0.6 is 11.8 Å². The molecule has 5 heteroatoms. The normalized spacial score (nSPS) is 12.2. The molecule has 102 valence electrons. The molecule has 0 aromatic carbocycles. The van der Waals surface area contributed by atoms with Crippen LogP contribution < -0.4 is 10.6 Å². The van der Waals surface area contributed by atoms with E-state index in [1.165, 1.54) is 0 Å². The van der Waals surface area contributed by atoms with Gasteiger partial charge in [-0.1, -0.05) is 13.8 Å². The number of anilines is 2. The van der Waals surface area contributed by atoms with Crippen LogP contribution in [0.2, 0.25) is 0 Å². The van der Waals surface area contributed by atoms with Gasteiger partial charge in [-0.2, -0.15) is 11.8 Å². The number of nitrogens with one attached hydrogen (secondary N) is 2. The monoisotopic (exact) mass is 268 g/mol. The van der Waals surface area contributed by atoms with Crippen LogP contribution in [-0.4, -0.2) is 34.6 Å². The molecular formula is C13H24N4S. The number of rotatable bonds is 8. The first-order valence-corrected chi connectivity index (χ1v) is 7.80. The second kappa shape index (κ2) is 8.19. The molecule has 0 amide bonds. The van der Waals surface area contributed by atoms with Gasteiger partial charge in [-0.05, 0) is 26.0 Å². The Morgan fingerprint density at radius 1 is 1.22 bits per heavy atom. The van der Waals surface area contributed by atoms with Gasteiger partial charge in [0.05, 0.1) is 0 Å². The fourth-order valence-corrected chi connectivity index (χ4v) is 1.92. The largest absolute Gasteiger partial charge is 0.370 e. The van der Waals surface area contributed by atoms with Gasteiger partial charge in [-0.3, -0.25) is 0 Å². The molecule has 0 radical (unpaired) electrons. The van der Waals surface area contributed by atoms with Gasteiger partial charge >= 0.3 is 0 Å². The Labute approximate surface area is 114 Å². The fourth-order valence-electron chi connectivity index (χ4n) is 1.56. The predicted octanol–water partition coefficient (Wildman–Crippen LogP) is 3.16. The molecule has 1 heterocycles. The number of hydrogen-bond acceptors (Lipinski definition) is 5. The molecule has 0 aliphatic carbocycles. The van der Waals surface area contributed by atoms with Crippen molar-refractivity contribution in [3.8, 4) is 0 Å². The SMILES string of the molecule is CCCNc1ncnc(NCCC(C)SC)c1C. The predicted molar refractivity (Wildman–Crippen MR) is 81.6 cm³/mol. The summed E-state index contributed by atoms with van der Waals surface area (Å²) in [7, 11) is 0. The van der Waals surface area contributed by atoms with Crippen molar-refractivity contribution in [2.45, 2.75) is 38.9 Å². The lowest BCUT2D eigenvalue weighted by atomic mass is 10.3. The highest BCUT2D eigenvalue weighted by molar-refractivity contribution is 7.99. The quantitative estimate of drug-likeness (QED) is 0.758. The molecule has 0 saturated carbocycles. The van der Waals surface area contributed by atoms with Crippen LogP contribution in [0.1, 0.15) is 32.3 Å². The molecule has 0 bridgehead atoms. The molecule has 0 aliphatic rings. The van der Waals surface area contributed by atoms with E-state index in [1.54, 1.807) is 6.33 Å². The third kappa shape index (κ3) is 4.72. The van der Waals surface area contributed by atoms with E-state index in [9.17, 15) is 0 Å². The molecular weight excluding hydrogens is 244 g/mol. The van der Waals surface area contributed by atoms with Crippen molar-refractivity contribution in [2.24, 2.45) is 0 Å². The minimum absolute atomic E-state index is 0.678. The number of hydrogen-bond donors (Lipinski definition) is 2. The van der Waals surface area contributed by atoms with E-state index in [-0.39, 0.29) is 0 Å². The highest BCUT2D eigenvalue weighted by Crippen LogP contribution is 2.18. The summed E-state index contributed by atoms with van der Waals surface area (Å²) in [5, 5.41) is 7.39. The first kappa shape index (κ1) is 15.1. The van der Waals surface area contributed by atoms with Gasteiger partial charge in [-0.25, -0.2) is 9.97 Å². The van der Waals surface area contributed by atoms with Gasteiger partial charge in [0.15, 0.2) is 0 Å². The van der Waals surface area contributed by atoms with Gasteiger partial charge in [0.2, 0.25) is 0 Å². The third-order valence-electron chi connectivity index (χ3n) is 2.87. The molecule has 0 fully saturated rings. The molecule has 4 nitrogen and oxygen atoms in total. The summed E-state index contributed by atoms with van der Waals surface area (Å²) in [6.45, 7) is 8.34. The van der Waals surface area contributed by atoms with Crippen LogP contribution in [0.25, 0.3) is 0 Å². The zero-order chi connectivity index (χ0) is 13.4. The molecule has 2 N–H and O–H groups in total. The van der Waals surface area contributed by atoms with Gasteiger partial charge in [0.25, 0.3) is 0 Å². The van der Waals surface area contributed by atoms with Gasteiger partial charge in [-0.15, -0.1) is 0 Å². The maximum Gasteiger partial charge on any atom is 0.134 e. The topological polar surface area (TPSA) is 49.8 Å². The summed E-state index contributed by atoms with van der Waals surface area (Å²) in [6.07, 6.45) is 6.00. The van der Waals surface area contributed by atoms with Crippen molar-refractivity contribution >= 4 is 23.4 Å². The minimum Gasteiger partial charge on any atom is -0.370 e. The standard InChI is InChI=1S/C13H24N4S/c1-5-7-14-12-11(3)13(17-9-16-12)15-8-6-10(2)18-4/h9-10H,5-8H2,1-4H3,(H2,14,15,16,17).